The minimum Gasteiger partial charge on any atom is -0.466 e. The number of esters is 1. The molecule has 0 unspecified atom stereocenters. The highest BCUT2D eigenvalue weighted by molar-refractivity contribution is 5.73. The van der Waals surface area contributed by atoms with Crippen molar-refractivity contribution in [1.82, 2.24) is 19.6 Å². The molecule has 0 atom stereocenters. The van der Waals surface area contributed by atoms with Crippen molar-refractivity contribution in [2.75, 3.05) is 24.6 Å². The van der Waals surface area contributed by atoms with Gasteiger partial charge in [-0.15, -0.1) is 10.2 Å². The first kappa shape index (κ1) is 12.8. The van der Waals surface area contributed by atoms with Gasteiger partial charge in [-0.25, -0.2) is 4.98 Å². The van der Waals surface area contributed by atoms with E-state index in [2.05, 4.69) is 20.1 Å². The highest BCUT2D eigenvalue weighted by atomic mass is 16.5. The molecule has 20 heavy (non-hydrogen) atoms. The van der Waals surface area contributed by atoms with Crippen LogP contribution in [-0.4, -0.2) is 45.2 Å². The Morgan fingerprint density at radius 2 is 2.25 bits per heavy atom. The monoisotopic (exact) mass is 275 g/mol. The number of fused-ring (bicyclic) bond motifs is 1. The predicted molar refractivity (Wildman–Crippen MR) is 72.4 cm³/mol. The van der Waals surface area contributed by atoms with Gasteiger partial charge in [-0.2, -0.15) is 0 Å². The van der Waals surface area contributed by atoms with Gasteiger partial charge in [0, 0.05) is 25.5 Å². The molecule has 1 fully saturated rings. The van der Waals surface area contributed by atoms with E-state index in [1.54, 1.807) is 12.5 Å². The molecule has 3 heterocycles. The first-order valence-electron chi connectivity index (χ1n) is 6.85. The Morgan fingerprint density at radius 1 is 1.45 bits per heavy atom. The molecule has 2 aromatic rings. The molecule has 0 bridgehead atoms. The largest absolute Gasteiger partial charge is 0.466 e. The van der Waals surface area contributed by atoms with Gasteiger partial charge in [0.1, 0.15) is 6.33 Å². The Hall–Kier alpha value is -2.18. The van der Waals surface area contributed by atoms with Crippen LogP contribution in [0.1, 0.15) is 19.8 Å². The fraction of sp³-hybridized carbons (Fsp3) is 0.538. The van der Waals surface area contributed by atoms with E-state index >= 15 is 0 Å². The van der Waals surface area contributed by atoms with Gasteiger partial charge in [0.05, 0.1) is 12.5 Å². The molecule has 7 heteroatoms. The van der Waals surface area contributed by atoms with Gasteiger partial charge in [0.25, 0.3) is 0 Å². The first-order chi connectivity index (χ1) is 9.79. The van der Waals surface area contributed by atoms with Crippen molar-refractivity contribution < 1.29 is 9.53 Å². The van der Waals surface area contributed by atoms with E-state index in [9.17, 15) is 4.79 Å². The summed E-state index contributed by atoms with van der Waals surface area (Å²) in [6, 6.07) is 0. The van der Waals surface area contributed by atoms with E-state index in [0.717, 1.165) is 37.4 Å². The maximum absolute atomic E-state index is 11.7. The van der Waals surface area contributed by atoms with Crippen LogP contribution in [0.5, 0.6) is 0 Å². The van der Waals surface area contributed by atoms with Crippen LogP contribution in [0.15, 0.2) is 18.7 Å². The lowest BCUT2D eigenvalue weighted by molar-refractivity contribution is -0.148. The molecular weight excluding hydrogens is 258 g/mol. The smallest absolute Gasteiger partial charge is 0.309 e. The van der Waals surface area contributed by atoms with Crippen LogP contribution in [0.3, 0.4) is 0 Å². The summed E-state index contributed by atoms with van der Waals surface area (Å²) >= 11 is 0. The molecule has 3 rings (SSSR count). The molecule has 7 nitrogen and oxygen atoms in total. The Balaban J connectivity index is 1.72. The van der Waals surface area contributed by atoms with Gasteiger partial charge in [-0.3, -0.25) is 9.20 Å². The SMILES string of the molecule is CCOC(=O)C1CCN(c2nccn3cnnc23)CC1. The van der Waals surface area contributed by atoms with E-state index in [1.807, 2.05) is 17.5 Å². The van der Waals surface area contributed by atoms with Gasteiger partial charge in [0.15, 0.2) is 5.82 Å². The summed E-state index contributed by atoms with van der Waals surface area (Å²) in [5, 5.41) is 7.99. The minimum atomic E-state index is -0.0826. The quantitative estimate of drug-likeness (QED) is 0.775. The molecule has 0 amide bonds. The molecule has 2 aromatic heterocycles. The van der Waals surface area contributed by atoms with Crippen LogP contribution in [0, 0.1) is 5.92 Å². The van der Waals surface area contributed by atoms with Crippen LogP contribution < -0.4 is 4.90 Å². The Kier molecular flexibility index (Phi) is 3.49. The molecule has 106 valence electrons. The van der Waals surface area contributed by atoms with Gasteiger partial charge in [0.2, 0.25) is 5.65 Å². The predicted octanol–water partition coefficient (Wildman–Crippen LogP) is 0.904. The van der Waals surface area contributed by atoms with Crippen LogP contribution in [-0.2, 0) is 9.53 Å². The number of piperidine rings is 1. The molecule has 0 aliphatic carbocycles. The zero-order valence-electron chi connectivity index (χ0n) is 11.4. The highest BCUT2D eigenvalue weighted by Gasteiger charge is 2.27. The molecule has 1 aliphatic rings. The van der Waals surface area contributed by atoms with E-state index in [-0.39, 0.29) is 11.9 Å². The van der Waals surface area contributed by atoms with Gasteiger partial charge in [-0.05, 0) is 19.8 Å². The number of hydrogen-bond acceptors (Lipinski definition) is 6. The number of rotatable bonds is 3. The van der Waals surface area contributed by atoms with E-state index in [1.165, 1.54) is 0 Å². The number of carbonyl (C=O) groups is 1. The van der Waals surface area contributed by atoms with Crippen molar-refractivity contribution in [1.29, 1.82) is 0 Å². The molecule has 1 aliphatic heterocycles. The Labute approximate surface area is 116 Å². The summed E-state index contributed by atoms with van der Waals surface area (Å²) in [4.78, 5) is 18.3. The lowest BCUT2D eigenvalue weighted by Crippen LogP contribution is -2.37. The Morgan fingerprint density at radius 3 is 3.00 bits per heavy atom. The van der Waals surface area contributed by atoms with Crippen molar-refractivity contribution in [3.63, 3.8) is 0 Å². The zero-order chi connectivity index (χ0) is 13.9. The number of aromatic nitrogens is 4. The van der Waals surface area contributed by atoms with E-state index < -0.39 is 0 Å². The third-order valence-electron chi connectivity index (χ3n) is 3.61. The second-order valence-corrected chi connectivity index (χ2v) is 4.83. The molecule has 0 spiro atoms. The average molecular weight is 275 g/mol. The topological polar surface area (TPSA) is 72.6 Å². The standard InChI is InChI=1S/C13H17N5O2/c1-2-20-13(19)10-3-6-17(7-4-10)11-12-16-15-9-18(12)8-5-14-11/h5,8-10H,2-4,6-7H2,1H3. The van der Waals surface area contributed by atoms with E-state index in [4.69, 9.17) is 4.74 Å². The maximum Gasteiger partial charge on any atom is 0.309 e. The van der Waals surface area contributed by atoms with Gasteiger partial charge < -0.3 is 9.64 Å². The van der Waals surface area contributed by atoms with Crippen LogP contribution in [0.25, 0.3) is 5.65 Å². The van der Waals surface area contributed by atoms with Crippen LogP contribution in [0.2, 0.25) is 0 Å². The summed E-state index contributed by atoms with van der Waals surface area (Å²) < 4.78 is 6.93. The Bertz CT molecular complexity index is 604. The summed E-state index contributed by atoms with van der Waals surface area (Å²) in [6.07, 6.45) is 6.80. The second kappa shape index (κ2) is 5.44. The molecule has 0 radical (unpaired) electrons. The van der Waals surface area contributed by atoms with Crippen LogP contribution in [0.4, 0.5) is 5.82 Å². The fourth-order valence-electron chi connectivity index (χ4n) is 2.56. The summed E-state index contributed by atoms with van der Waals surface area (Å²) in [5.74, 6) is 0.747. The number of anilines is 1. The van der Waals surface area contributed by atoms with Gasteiger partial charge in [-0.1, -0.05) is 0 Å². The van der Waals surface area contributed by atoms with Crippen molar-refractivity contribution in [3.05, 3.63) is 18.7 Å². The minimum absolute atomic E-state index is 0.00352. The molecule has 1 saturated heterocycles. The normalized spacial score (nSPS) is 16.6. The number of nitrogens with zero attached hydrogens (tertiary/aromatic N) is 5. The van der Waals surface area contributed by atoms with Crippen molar-refractivity contribution >= 4 is 17.4 Å². The van der Waals surface area contributed by atoms with Gasteiger partial charge >= 0.3 is 5.97 Å². The highest BCUT2D eigenvalue weighted by Crippen LogP contribution is 2.24. The first-order valence-corrected chi connectivity index (χ1v) is 6.85. The van der Waals surface area contributed by atoms with E-state index in [0.29, 0.717) is 6.61 Å². The van der Waals surface area contributed by atoms with Crippen molar-refractivity contribution in [2.45, 2.75) is 19.8 Å². The second-order valence-electron chi connectivity index (χ2n) is 4.83. The molecule has 0 saturated carbocycles. The average Bonchev–Trinajstić information content (AvgIpc) is 2.96. The number of carbonyl (C=O) groups excluding carboxylic acids is 1. The lowest BCUT2D eigenvalue weighted by Gasteiger charge is -2.31. The van der Waals surface area contributed by atoms with Crippen molar-refractivity contribution in [3.8, 4) is 0 Å². The third kappa shape index (κ3) is 2.31. The third-order valence-corrected chi connectivity index (χ3v) is 3.61. The van der Waals surface area contributed by atoms with Crippen molar-refractivity contribution in [2.24, 2.45) is 5.92 Å². The molecule has 0 N–H and O–H groups in total. The molecular formula is C13H17N5O2. The summed E-state index contributed by atoms with van der Waals surface area (Å²) in [5.41, 5.74) is 0.752. The fourth-order valence-corrected chi connectivity index (χ4v) is 2.56. The summed E-state index contributed by atoms with van der Waals surface area (Å²) in [6.45, 7) is 3.84. The lowest BCUT2D eigenvalue weighted by atomic mass is 9.97. The zero-order valence-corrected chi connectivity index (χ0v) is 11.4. The maximum atomic E-state index is 11.7. The molecule has 0 aromatic carbocycles. The summed E-state index contributed by atoms with van der Waals surface area (Å²) in [7, 11) is 0. The number of hydrogen-bond donors (Lipinski definition) is 0. The number of ether oxygens (including phenoxy) is 1. The van der Waals surface area contributed by atoms with Crippen LogP contribution >= 0.6 is 0 Å².